The van der Waals surface area contributed by atoms with Crippen LogP contribution in [-0.4, -0.2) is 150 Å². The molecule has 1 aliphatic rings. The van der Waals surface area contributed by atoms with Gasteiger partial charge in [0.2, 0.25) is 41.4 Å². The van der Waals surface area contributed by atoms with Crippen LogP contribution in [-0.2, 0) is 82.8 Å². The van der Waals surface area contributed by atoms with Crippen LogP contribution in [0.2, 0.25) is 5.02 Å². The van der Waals surface area contributed by atoms with E-state index in [4.69, 9.17) is 26.4 Å². The number of aromatic nitrogens is 2. The third-order valence-corrected chi connectivity index (χ3v) is 15.3. The predicted molar refractivity (Wildman–Crippen MR) is 314 cm³/mol. The van der Waals surface area contributed by atoms with E-state index in [1.807, 2.05) is 0 Å². The van der Waals surface area contributed by atoms with Gasteiger partial charge < -0.3 is 73.1 Å². The summed E-state index contributed by atoms with van der Waals surface area (Å²) in [5, 5.41) is 51.6. The number of benzene rings is 2. The number of phosphoric acid groups is 1. The van der Waals surface area contributed by atoms with Crippen LogP contribution in [0.4, 0.5) is 4.79 Å². The molecule has 2 aromatic carbocycles. The number of amides is 8. The Kier molecular flexibility index (Phi) is 26.6. The monoisotopic (exact) mass is 1260 g/mol. The van der Waals surface area contributed by atoms with Crippen molar-refractivity contribution in [2.45, 2.75) is 140 Å². The Labute approximate surface area is 504 Å². The molecule has 8 atom stereocenters. The molecule has 0 saturated carbocycles. The molecule has 31 heteroatoms. The highest BCUT2D eigenvalue weighted by molar-refractivity contribution is 7.98. The highest BCUT2D eigenvalue weighted by Crippen LogP contribution is 2.45. The number of thioether (sulfide) groups is 1. The zero-order chi connectivity index (χ0) is 63.3. The van der Waals surface area contributed by atoms with Crippen LogP contribution >= 0.6 is 31.2 Å². The Balaban J connectivity index is 1.50. The second-order valence-electron chi connectivity index (χ2n) is 20.8. The van der Waals surface area contributed by atoms with Crippen molar-refractivity contribution in [2.24, 2.45) is 11.7 Å². The van der Waals surface area contributed by atoms with Gasteiger partial charge in [-0.05, 0) is 93.1 Å². The van der Waals surface area contributed by atoms with Crippen LogP contribution in [0.3, 0.4) is 0 Å². The highest BCUT2D eigenvalue weighted by Gasteiger charge is 2.36. The minimum atomic E-state index is -5.50. The fraction of sp³-hybridized carbons (Fsp3) is 0.473. The molecular weight excluding hydrogens is 1190 g/mol. The first-order valence-corrected chi connectivity index (χ1v) is 30.7. The van der Waals surface area contributed by atoms with Crippen molar-refractivity contribution in [3.05, 3.63) is 93.9 Å². The molecule has 0 radical (unpaired) electrons. The molecule has 1 unspecified atom stereocenters. The van der Waals surface area contributed by atoms with Gasteiger partial charge in [-0.3, -0.25) is 52.8 Å². The average Bonchev–Trinajstić information content (AvgIpc) is 2.47. The topological polar surface area (TPSA) is 438 Å². The van der Waals surface area contributed by atoms with E-state index in [1.54, 1.807) is 62.6 Å². The summed E-state index contributed by atoms with van der Waals surface area (Å²) in [5.74, 6) is -9.83. The first kappa shape index (κ1) is 69.0. The van der Waals surface area contributed by atoms with E-state index < -0.39 is 154 Å². The molecule has 1 aliphatic heterocycles. The van der Waals surface area contributed by atoms with Gasteiger partial charge in [0.05, 0.1) is 24.8 Å². The number of carboxylic acids is 2. The molecule has 8 amide bonds. The van der Waals surface area contributed by atoms with E-state index >= 15 is 0 Å². The van der Waals surface area contributed by atoms with E-state index in [9.17, 15) is 72.7 Å². The van der Waals surface area contributed by atoms with Gasteiger partial charge in [-0.2, -0.15) is 11.8 Å². The number of pyridine rings is 1. The van der Waals surface area contributed by atoms with Crippen molar-refractivity contribution >= 4 is 101 Å². The van der Waals surface area contributed by atoms with Crippen molar-refractivity contribution in [3.63, 3.8) is 0 Å². The maximum Gasteiger partial charge on any atom is 0.531 e. The Hall–Kier alpha value is -7.82. The van der Waals surface area contributed by atoms with Crippen LogP contribution in [0.15, 0.2) is 60.9 Å². The number of nitrogens with one attached hydrogen (secondary N) is 9. The lowest BCUT2D eigenvalue weighted by atomic mass is 10.0. The average molecular weight is 1260 g/mol. The normalized spacial score (nSPS) is 20.9. The maximum absolute atomic E-state index is 14.3. The minimum absolute atomic E-state index is 0.0537. The molecule has 5 rings (SSSR count). The molecule has 4 aromatic rings. The van der Waals surface area contributed by atoms with Crippen molar-refractivity contribution in [3.8, 4) is 5.75 Å². The van der Waals surface area contributed by atoms with Crippen LogP contribution in [0.5, 0.6) is 5.75 Å². The zero-order valence-electron chi connectivity index (χ0n) is 47.6. The van der Waals surface area contributed by atoms with Gasteiger partial charge in [0.25, 0.3) is 0 Å². The maximum atomic E-state index is 14.3. The Morgan fingerprint density at radius 1 is 0.919 bits per heavy atom. The zero-order valence-corrected chi connectivity index (χ0v) is 50.1. The number of carbonyl (C=O) groups excluding carboxylic acids is 8. The predicted octanol–water partition coefficient (Wildman–Crippen LogP) is 2.23. The number of aliphatic carboxylic acids is 2. The number of hydrogen-bond donors (Lipinski definition) is 14. The molecule has 0 aliphatic carbocycles. The molecule has 0 spiro atoms. The number of aromatic hydroxyl groups is 1. The number of nitrogens with two attached hydrogens (primary N) is 1. The number of carbonyl (C=O) groups is 10. The summed E-state index contributed by atoms with van der Waals surface area (Å²) >= 11 is 7.58. The van der Waals surface area contributed by atoms with Crippen molar-refractivity contribution in [2.75, 3.05) is 18.6 Å². The Morgan fingerprint density at radius 2 is 1.64 bits per heavy atom. The van der Waals surface area contributed by atoms with E-state index in [1.165, 1.54) is 30.9 Å². The molecular formula is C55H73ClN11O17PS. The quantitative estimate of drug-likeness (QED) is 0.0599. The van der Waals surface area contributed by atoms with Gasteiger partial charge in [-0.25, -0.2) is 14.2 Å². The number of carboxylic acid groups (broad SMARTS) is 2. The lowest BCUT2D eigenvalue weighted by Gasteiger charge is -2.26. The second kappa shape index (κ2) is 33.2. The number of rotatable bonds is 19. The lowest BCUT2D eigenvalue weighted by Crippen LogP contribution is -2.58. The first-order chi connectivity index (χ1) is 40.7. The van der Waals surface area contributed by atoms with E-state index in [-0.39, 0.29) is 67.8 Å². The van der Waals surface area contributed by atoms with Gasteiger partial charge in [0.1, 0.15) is 42.0 Å². The number of nitrogens with zero attached hydrogens (tertiary/aromatic N) is 1. The SMILES string of the molecule is CSCC[C@H](NC(=O)[C@@H](N)Cc1ccccc1)C(=O)N[C@H]1CCCCNC(=O)C[C@@H](C(=O)N[C@@H](CC(C)C)C(=O)O)NC(=O)[C@H](CCC(=O)O)NC(=O)[C@H](Cc2c[nH]c3cc(Cl)ccc23)NC(=O)OP(=O)(O)OCc2cnc(C)c(O)c2CNC1=O. The lowest BCUT2D eigenvalue weighted by molar-refractivity contribution is -0.143. The number of aryl methyl sites for hydroxylation is 1. The summed E-state index contributed by atoms with van der Waals surface area (Å²) in [4.78, 5) is 154. The number of aromatic amines is 1. The van der Waals surface area contributed by atoms with Crippen molar-refractivity contribution < 1.29 is 81.8 Å². The molecule has 0 bridgehead atoms. The molecule has 3 heterocycles. The Bertz CT molecular complexity index is 3140. The first-order valence-electron chi connectivity index (χ1n) is 27.4. The smallest absolute Gasteiger partial charge is 0.506 e. The van der Waals surface area contributed by atoms with Gasteiger partial charge in [0, 0.05) is 65.4 Å². The molecule has 15 N–H and O–H groups in total. The van der Waals surface area contributed by atoms with Crippen LogP contribution in [0, 0.1) is 12.8 Å². The van der Waals surface area contributed by atoms with E-state index in [0.717, 1.165) is 11.8 Å². The largest absolute Gasteiger partial charge is 0.531 e. The number of H-pyrrole nitrogens is 1. The van der Waals surface area contributed by atoms with Gasteiger partial charge in [-0.15, -0.1) is 0 Å². The van der Waals surface area contributed by atoms with Crippen LogP contribution in [0.1, 0.15) is 93.2 Å². The summed E-state index contributed by atoms with van der Waals surface area (Å²) in [6.07, 6.45) is 0.320. The summed E-state index contributed by atoms with van der Waals surface area (Å²) in [6.45, 7) is 3.28. The van der Waals surface area contributed by atoms with Gasteiger partial charge in [0.15, 0.2) is 0 Å². The molecule has 28 nitrogen and oxygen atoms in total. The fourth-order valence-corrected chi connectivity index (χ4v) is 10.3. The van der Waals surface area contributed by atoms with Gasteiger partial charge >= 0.3 is 25.9 Å². The summed E-state index contributed by atoms with van der Waals surface area (Å²) in [5.41, 5.74) is 7.76. The minimum Gasteiger partial charge on any atom is -0.506 e. The van der Waals surface area contributed by atoms with Gasteiger partial charge in [-0.1, -0.05) is 61.8 Å². The van der Waals surface area contributed by atoms with Crippen molar-refractivity contribution in [1.29, 1.82) is 0 Å². The number of halogens is 1. The summed E-state index contributed by atoms with van der Waals surface area (Å²) in [7, 11) is -5.50. The third kappa shape index (κ3) is 21.9. The van der Waals surface area contributed by atoms with Crippen molar-refractivity contribution in [1.82, 2.24) is 52.5 Å². The highest BCUT2D eigenvalue weighted by atomic mass is 35.5. The van der Waals surface area contributed by atoms with Crippen LogP contribution in [0.25, 0.3) is 10.9 Å². The second-order valence-corrected chi connectivity index (χ2v) is 23.6. The molecule has 468 valence electrons. The molecule has 0 saturated heterocycles. The van der Waals surface area contributed by atoms with E-state index in [2.05, 4.69) is 52.5 Å². The standard InChI is InChI=1S/C55H73ClN11O17PS/c1-29(2)20-44(54(78)79)66-53(77)43-24-45(68)58-18-9-8-12-38(63-51(75)40(17-19-86-4)62-48(72)37(57)21-31-10-6-5-7-11-31)49(73)61-27-36-33(26-59-30(3)47(36)71)28-83-85(81,82)84-55(80)67-42(22-32-25-60-41-23-34(56)13-14-35(32)41)52(76)64-39(50(74)65-43)15-16-46(69)70/h5-7,10-11,13-14,23,25-26,29,37-40,42-44,60,71H,8-9,12,15-22,24,27-28,57H2,1-4H3,(H,58,68)(H,61,73)(H,62,72)(H,63,75)(H,64,76)(H,65,74)(H,66,77)(H,67,80)(H,69,70)(H,78,79)(H,81,82)/t37-,38-,39-,40-,42-,43-,44-/m0/s1. The third-order valence-electron chi connectivity index (χ3n) is 13.6. The fourth-order valence-electron chi connectivity index (χ4n) is 9.01. The number of fused-ring (bicyclic) bond motifs is 2. The molecule has 0 fully saturated rings. The Morgan fingerprint density at radius 3 is 2.33 bits per heavy atom. The summed E-state index contributed by atoms with van der Waals surface area (Å²) in [6, 6.07) is 3.04. The van der Waals surface area contributed by atoms with E-state index in [0.29, 0.717) is 27.2 Å². The number of hydrogen-bond acceptors (Lipinski definition) is 17. The molecule has 86 heavy (non-hydrogen) atoms. The number of phosphoric ester groups is 1. The van der Waals surface area contributed by atoms with Crippen LogP contribution < -0.4 is 48.3 Å². The molecule has 2 aromatic heterocycles. The summed E-state index contributed by atoms with van der Waals surface area (Å²) < 4.78 is 23.5.